The van der Waals surface area contributed by atoms with E-state index in [1.165, 1.54) is 18.6 Å². The standard InChI is InChI=1S/C15H20F3NO/c16-15(17,18)13-6-4-12(5-7-13)10-20-14(11-19)8-2-1-3-9-14/h4-7H,1-3,8-11,19H2. The molecule has 0 heterocycles. The third-order valence-electron chi connectivity index (χ3n) is 3.96. The van der Waals surface area contributed by atoms with E-state index in [4.69, 9.17) is 10.5 Å². The fraction of sp³-hybridized carbons (Fsp3) is 0.600. The Morgan fingerprint density at radius 3 is 2.15 bits per heavy atom. The largest absolute Gasteiger partial charge is 0.416 e. The third-order valence-corrected chi connectivity index (χ3v) is 3.96. The van der Waals surface area contributed by atoms with Crippen molar-refractivity contribution in [3.63, 3.8) is 0 Å². The molecule has 0 aliphatic heterocycles. The molecule has 1 saturated carbocycles. The lowest BCUT2D eigenvalue weighted by atomic mass is 9.84. The first-order valence-electron chi connectivity index (χ1n) is 6.95. The van der Waals surface area contributed by atoms with Gasteiger partial charge in [0.25, 0.3) is 0 Å². The van der Waals surface area contributed by atoms with Crippen LogP contribution in [0.2, 0.25) is 0 Å². The number of hydrogen-bond acceptors (Lipinski definition) is 2. The van der Waals surface area contributed by atoms with Gasteiger partial charge >= 0.3 is 6.18 Å². The first kappa shape index (κ1) is 15.3. The summed E-state index contributed by atoms with van der Waals surface area (Å²) >= 11 is 0. The second-order valence-electron chi connectivity index (χ2n) is 5.43. The molecule has 20 heavy (non-hydrogen) atoms. The highest BCUT2D eigenvalue weighted by Gasteiger charge is 2.32. The van der Waals surface area contributed by atoms with E-state index < -0.39 is 11.7 Å². The van der Waals surface area contributed by atoms with Crippen LogP contribution in [0.25, 0.3) is 0 Å². The van der Waals surface area contributed by atoms with Gasteiger partial charge in [0, 0.05) is 6.54 Å². The Hall–Kier alpha value is -1.07. The smallest absolute Gasteiger partial charge is 0.369 e. The maximum atomic E-state index is 12.5. The number of ether oxygens (including phenoxy) is 1. The minimum atomic E-state index is -4.29. The van der Waals surface area contributed by atoms with Crippen LogP contribution in [0.1, 0.15) is 43.2 Å². The van der Waals surface area contributed by atoms with Gasteiger partial charge < -0.3 is 10.5 Å². The third kappa shape index (κ3) is 3.73. The fourth-order valence-electron chi connectivity index (χ4n) is 2.63. The van der Waals surface area contributed by atoms with Gasteiger partial charge in [0.2, 0.25) is 0 Å². The summed E-state index contributed by atoms with van der Waals surface area (Å²) in [4.78, 5) is 0. The minimum absolute atomic E-state index is 0.291. The van der Waals surface area contributed by atoms with E-state index in [-0.39, 0.29) is 5.60 Å². The maximum Gasteiger partial charge on any atom is 0.416 e. The minimum Gasteiger partial charge on any atom is -0.369 e. The van der Waals surface area contributed by atoms with Crippen LogP contribution in [0.3, 0.4) is 0 Å². The van der Waals surface area contributed by atoms with Gasteiger partial charge in [0.15, 0.2) is 0 Å². The van der Waals surface area contributed by atoms with Crippen molar-refractivity contribution in [1.29, 1.82) is 0 Å². The van der Waals surface area contributed by atoms with Crippen LogP contribution in [0.15, 0.2) is 24.3 Å². The van der Waals surface area contributed by atoms with Gasteiger partial charge in [-0.15, -0.1) is 0 Å². The summed E-state index contributed by atoms with van der Waals surface area (Å²) in [6.07, 6.45) is 0.981. The van der Waals surface area contributed by atoms with Gasteiger partial charge in [-0.05, 0) is 30.5 Å². The molecule has 2 N–H and O–H groups in total. The first-order chi connectivity index (χ1) is 9.45. The van der Waals surface area contributed by atoms with Gasteiger partial charge in [0.05, 0.1) is 17.8 Å². The summed E-state index contributed by atoms with van der Waals surface area (Å²) in [6.45, 7) is 0.781. The number of benzene rings is 1. The summed E-state index contributed by atoms with van der Waals surface area (Å²) in [5, 5.41) is 0. The molecule has 112 valence electrons. The monoisotopic (exact) mass is 287 g/mol. The molecule has 0 amide bonds. The number of hydrogen-bond donors (Lipinski definition) is 1. The fourth-order valence-corrected chi connectivity index (χ4v) is 2.63. The SMILES string of the molecule is NCC1(OCc2ccc(C(F)(F)F)cc2)CCCCC1. The highest BCUT2D eigenvalue weighted by atomic mass is 19.4. The molecular weight excluding hydrogens is 267 g/mol. The molecule has 0 aromatic heterocycles. The van der Waals surface area contributed by atoms with Gasteiger partial charge in [-0.25, -0.2) is 0 Å². The van der Waals surface area contributed by atoms with E-state index in [2.05, 4.69) is 0 Å². The summed E-state index contributed by atoms with van der Waals surface area (Å²) in [5.74, 6) is 0. The zero-order valence-electron chi connectivity index (χ0n) is 11.4. The van der Waals surface area contributed by atoms with E-state index in [9.17, 15) is 13.2 Å². The predicted octanol–water partition coefficient (Wildman–Crippen LogP) is 3.88. The van der Waals surface area contributed by atoms with Crippen LogP contribution in [-0.4, -0.2) is 12.1 Å². The number of halogens is 3. The van der Waals surface area contributed by atoms with Gasteiger partial charge in [0.1, 0.15) is 0 Å². The van der Waals surface area contributed by atoms with E-state index in [0.29, 0.717) is 13.2 Å². The average molecular weight is 287 g/mol. The second-order valence-corrected chi connectivity index (χ2v) is 5.43. The molecule has 5 heteroatoms. The molecule has 0 atom stereocenters. The molecule has 0 spiro atoms. The number of rotatable bonds is 4. The van der Waals surface area contributed by atoms with E-state index in [1.807, 2.05) is 0 Å². The van der Waals surface area contributed by atoms with Gasteiger partial charge in [-0.2, -0.15) is 13.2 Å². The Morgan fingerprint density at radius 2 is 1.65 bits per heavy atom. The maximum absolute atomic E-state index is 12.5. The van der Waals surface area contributed by atoms with Crippen molar-refractivity contribution in [1.82, 2.24) is 0 Å². The molecule has 1 fully saturated rings. The normalized spacial score (nSPS) is 19.0. The first-order valence-corrected chi connectivity index (χ1v) is 6.95. The molecule has 0 radical (unpaired) electrons. The molecule has 1 aromatic carbocycles. The molecule has 1 aromatic rings. The zero-order valence-corrected chi connectivity index (χ0v) is 11.4. The zero-order chi connectivity index (χ0) is 14.6. The van der Waals surface area contributed by atoms with Crippen LogP contribution in [0.5, 0.6) is 0 Å². The highest BCUT2D eigenvalue weighted by Crippen LogP contribution is 2.32. The molecule has 1 aliphatic carbocycles. The number of alkyl halides is 3. The van der Waals surface area contributed by atoms with Crippen molar-refractivity contribution in [3.05, 3.63) is 35.4 Å². The van der Waals surface area contributed by atoms with Crippen LogP contribution >= 0.6 is 0 Å². The molecule has 2 nitrogen and oxygen atoms in total. The molecule has 1 aliphatic rings. The van der Waals surface area contributed by atoms with Crippen molar-refractivity contribution in [2.24, 2.45) is 5.73 Å². The van der Waals surface area contributed by atoms with E-state index in [1.54, 1.807) is 0 Å². The Bertz CT molecular complexity index is 422. The molecule has 0 saturated heterocycles. The van der Waals surface area contributed by atoms with E-state index >= 15 is 0 Å². The summed E-state index contributed by atoms with van der Waals surface area (Å²) in [7, 11) is 0. The van der Waals surface area contributed by atoms with Crippen molar-refractivity contribution < 1.29 is 17.9 Å². The van der Waals surface area contributed by atoms with Crippen molar-refractivity contribution in [3.8, 4) is 0 Å². The predicted molar refractivity (Wildman–Crippen MR) is 71.1 cm³/mol. The van der Waals surface area contributed by atoms with Crippen molar-refractivity contribution in [2.45, 2.75) is 50.5 Å². The lowest BCUT2D eigenvalue weighted by molar-refractivity contribution is -0.137. The lowest BCUT2D eigenvalue weighted by Gasteiger charge is -2.36. The van der Waals surface area contributed by atoms with Gasteiger partial charge in [-0.3, -0.25) is 0 Å². The highest BCUT2D eigenvalue weighted by molar-refractivity contribution is 5.24. The van der Waals surface area contributed by atoms with Crippen LogP contribution < -0.4 is 5.73 Å². The summed E-state index contributed by atoms with van der Waals surface area (Å²) in [6, 6.07) is 5.12. The van der Waals surface area contributed by atoms with Gasteiger partial charge in [-0.1, -0.05) is 31.4 Å². The Morgan fingerprint density at radius 1 is 1.05 bits per heavy atom. The molecule has 0 bridgehead atoms. The Kier molecular flexibility index (Phi) is 4.70. The molecule has 2 rings (SSSR count). The topological polar surface area (TPSA) is 35.2 Å². The number of nitrogens with two attached hydrogens (primary N) is 1. The Labute approximate surface area is 117 Å². The van der Waals surface area contributed by atoms with Crippen LogP contribution in [0.4, 0.5) is 13.2 Å². The second kappa shape index (κ2) is 6.14. The van der Waals surface area contributed by atoms with Crippen molar-refractivity contribution >= 4 is 0 Å². The summed E-state index contributed by atoms with van der Waals surface area (Å²) in [5.41, 5.74) is 5.63. The lowest BCUT2D eigenvalue weighted by Crippen LogP contribution is -2.42. The molecule has 0 unspecified atom stereocenters. The summed E-state index contributed by atoms with van der Waals surface area (Å²) < 4.78 is 43.3. The molecular formula is C15H20F3NO. The van der Waals surface area contributed by atoms with Crippen molar-refractivity contribution in [2.75, 3.05) is 6.54 Å². The van der Waals surface area contributed by atoms with Crippen LogP contribution in [-0.2, 0) is 17.5 Å². The average Bonchev–Trinajstić information content (AvgIpc) is 2.46. The quantitative estimate of drug-likeness (QED) is 0.912. The van der Waals surface area contributed by atoms with E-state index in [0.717, 1.165) is 43.4 Å². The Balaban J connectivity index is 1.96. The van der Waals surface area contributed by atoms with Crippen LogP contribution in [0, 0.1) is 0 Å².